The minimum Gasteiger partial charge on any atom is -0.434 e. The van der Waals surface area contributed by atoms with E-state index in [2.05, 4.69) is 10.1 Å². The van der Waals surface area contributed by atoms with E-state index < -0.39 is 24.2 Å². The lowest BCUT2D eigenvalue weighted by molar-refractivity contribution is -0.111. The van der Waals surface area contributed by atoms with Crippen LogP contribution in [0.3, 0.4) is 0 Å². The maximum atomic E-state index is 13.4. The summed E-state index contributed by atoms with van der Waals surface area (Å²) in [6.07, 6.45) is 2.22. The molecule has 23 heavy (non-hydrogen) atoms. The van der Waals surface area contributed by atoms with Crippen LogP contribution in [0.5, 0.6) is 5.75 Å². The highest BCUT2D eigenvalue weighted by Gasteiger charge is 2.09. The van der Waals surface area contributed by atoms with Gasteiger partial charge in [0, 0.05) is 17.7 Å². The van der Waals surface area contributed by atoms with Crippen LogP contribution < -0.4 is 10.1 Å². The van der Waals surface area contributed by atoms with Crippen molar-refractivity contribution in [3.63, 3.8) is 0 Å². The van der Waals surface area contributed by atoms with E-state index >= 15 is 0 Å². The first-order chi connectivity index (χ1) is 11.0. The molecular formula is C16H11F4NO2. The van der Waals surface area contributed by atoms with Gasteiger partial charge in [-0.3, -0.25) is 4.79 Å². The molecular weight excluding hydrogens is 314 g/mol. The Hall–Kier alpha value is -2.83. The summed E-state index contributed by atoms with van der Waals surface area (Å²) in [5.41, 5.74) is -0.0839. The molecule has 1 N–H and O–H groups in total. The number of hydrogen-bond donors (Lipinski definition) is 1. The van der Waals surface area contributed by atoms with Crippen LogP contribution in [0.1, 0.15) is 5.56 Å². The van der Waals surface area contributed by atoms with Crippen LogP contribution in [0.15, 0.2) is 48.5 Å². The quantitative estimate of drug-likeness (QED) is 0.660. The Morgan fingerprint density at radius 2 is 1.87 bits per heavy atom. The van der Waals surface area contributed by atoms with Gasteiger partial charge < -0.3 is 10.1 Å². The van der Waals surface area contributed by atoms with Crippen LogP contribution in [0.2, 0.25) is 0 Å². The van der Waals surface area contributed by atoms with E-state index in [0.29, 0.717) is 0 Å². The third kappa shape index (κ3) is 4.84. The van der Waals surface area contributed by atoms with Gasteiger partial charge in [-0.25, -0.2) is 8.78 Å². The molecule has 0 saturated heterocycles. The maximum Gasteiger partial charge on any atom is 0.387 e. The lowest BCUT2D eigenvalue weighted by Crippen LogP contribution is -2.09. The SMILES string of the molecule is O=C(/C=C/c1ccccc1OC(F)F)Nc1cc(F)ccc1F. The van der Waals surface area contributed by atoms with Crippen LogP contribution in [-0.2, 0) is 4.79 Å². The summed E-state index contributed by atoms with van der Waals surface area (Å²) in [4.78, 5) is 11.7. The van der Waals surface area contributed by atoms with Gasteiger partial charge in [-0.15, -0.1) is 0 Å². The van der Waals surface area contributed by atoms with Crippen LogP contribution >= 0.6 is 0 Å². The van der Waals surface area contributed by atoms with E-state index in [4.69, 9.17) is 0 Å². The number of halogens is 4. The monoisotopic (exact) mass is 325 g/mol. The number of benzene rings is 2. The molecule has 1 amide bonds. The Balaban J connectivity index is 2.11. The molecule has 0 aliphatic carbocycles. The van der Waals surface area contributed by atoms with Crippen molar-refractivity contribution in [2.45, 2.75) is 6.61 Å². The van der Waals surface area contributed by atoms with Crippen molar-refractivity contribution in [2.24, 2.45) is 0 Å². The molecule has 0 radical (unpaired) electrons. The van der Waals surface area contributed by atoms with E-state index in [1.807, 2.05) is 0 Å². The largest absolute Gasteiger partial charge is 0.434 e. The summed E-state index contributed by atoms with van der Waals surface area (Å²) in [6, 6.07) is 8.47. The normalized spacial score (nSPS) is 11.0. The molecule has 0 fully saturated rings. The number of carbonyl (C=O) groups is 1. The molecule has 0 unspecified atom stereocenters. The van der Waals surface area contributed by atoms with Crippen molar-refractivity contribution >= 4 is 17.7 Å². The van der Waals surface area contributed by atoms with Crippen molar-refractivity contribution in [1.29, 1.82) is 0 Å². The second kappa shape index (κ2) is 7.44. The average molecular weight is 325 g/mol. The number of alkyl halides is 2. The van der Waals surface area contributed by atoms with Crippen molar-refractivity contribution in [1.82, 2.24) is 0 Å². The summed E-state index contributed by atoms with van der Waals surface area (Å²) < 4.78 is 55.2. The summed E-state index contributed by atoms with van der Waals surface area (Å²) in [6.45, 7) is -3.00. The third-order valence-corrected chi connectivity index (χ3v) is 2.74. The summed E-state index contributed by atoms with van der Waals surface area (Å²) >= 11 is 0. The minimum absolute atomic E-state index is 0.108. The van der Waals surface area contributed by atoms with Crippen molar-refractivity contribution < 1.29 is 27.1 Å². The molecule has 0 saturated carbocycles. The zero-order chi connectivity index (χ0) is 16.8. The van der Waals surface area contributed by atoms with Gasteiger partial charge >= 0.3 is 6.61 Å². The molecule has 0 aromatic heterocycles. The van der Waals surface area contributed by atoms with Gasteiger partial charge in [0.2, 0.25) is 5.91 Å². The molecule has 0 bridgehead atoms. The molecule has 0 aliphatic heterocycles. The van der Waals surface area contributed by atoms with Gasteiger partial charge in [-0.1, -0.05) is 18.2 Å². The molecule has 0 atom stereocenters. The molecule has 0 spiro atoms. The van der Waals surface area contributed by atoms with E-state index in [0.717, 1.165) is 24.3 Å². The number of hydrogen-bond acceptors (Lipinski definition) is 2. The fourth-order valence-corrected chi connectivity index (χ4v) is 1.75. The molecule has 3 nitrogen and oxygen atoms in total. The molecule has 2 rings (SSSR count). The second-order valence-electron chi connectivity index (χ2n) is 4.36. The first kappa shape index (κ1) is 16.5. The van der Waals surface area contributed by atoms with Crippen molar-refractivity contribution in [2.75, 3.05) is 5.32 Å². The highest BCUT2D eigenvalue weighted by molar-refractivity contribution is 6.02. The van der Waals surface area contributed by atoms with Crippen LogP contribution in [-0.4, -0.2) is 12.5 Å². The summed E-state index contributed by atoms with van der Waals surface area (Å²) in [7, 11) is 0. The molecule has 120 valence electrons. The third-order valence-electron chi connectivity index (χ3n) is 2.74. The van der Waals surface area contributed by atoms with Gasteiger partial charge in [-0.05, 0) is 24.3 Å². The van der Waals surface area contributed by atoms with Gasteiger partial charge in [0.1, 0.15) is 17.4 Å². The minimum atomic E-state index is -3.00. The lowest BCUT2D eigenvalue weighted by Gasteiger charge is -2.07. The predicted molar refractivity (Wildman–Crippen MR) is 77.1 cm³/mol. The highest BCUT2D eigenvalue weighted by atomic mass is 19.3. The number of anilines is 1. The van der Waals surface area contributed by atoms with Crippen LogP contribution in [0.25, 0.3) is 6.08 Å². The van der Waals surface area contributed by atoms with Crippen LogP contribution in [0, 0.1) is 11.6 Å². The number of rotatable bonds is 5. The van der Waals surface area contributed by atoms with E-state index in [1.54, 1.807) is 6.07 Å². The average Bonchev–Trinajstić information content (AvgIpc) is 2.49. The zero-order valence-electron chi connectivity index (χ0n) is 11.6. The number of nitrogens with one attached hydrogen (secondary N) is 1. The standard InChI is InChI=1S/C16H11F4NO2/c17-11-6-7-12(18)13(9-11)21-15(22)8-5-10-3-1-2-4-14(10)23-16(19)20/h1-9,16H,(H,21,22)/b8-5+. The Bertz CT molecular complexity index is 732. The molecule has 7 heteroatoms. The van der Waals surface area contributed by atoms with Gasteiger partial charge in [0.15, 0.2) is 0 Å². The van der Waals surface area contributed by atoms with Gasteiger partial charge in [-0.2, -0.15) is 8.78 Å². The van der Waals surface area contributed by atoms with Gasteiger partial charge in [0.05, 0.1) is 5.69 Å². The summed E-state index contributed by atoms with van der Waals surface area (Å²) in [5, 5.41) is 2.15. The van der Waals surface area contributed by atoms with Crippen molar-refractivity contribution in [3.05, 3.63) is 65.7 Å². The Kier molecular flexibility index (Phi) is 5.35. The van der Waals surface area contributed by atoms with Crippen molar-refractivity contribution in [3.8, 4) is 5.75 Å². The van der Waals surface area contributed by atoms with E-state index in [-0.39, 0.29) is 17.0 Å². The predicted octanol–water partition coefficient (Wildman–Crippen LogP) is 4.22. The fraction of sp³-hybridized carbons (Fsp3) is 0.0625. The molecule has 2 aromatic carbocycles. The van der Waals surface area contributed by atoms with E-state index in [9.17, 15) is 22.4 Å². The fourth-order valence-electron chi connectivity index (χ4n) is 1.75. The zero-order valence-corrected chi connectivity index (χ0v) is 11.6. The highest BCUT2D eigenvalue weighted by Crippen LogP contribution is 2.21. The topological polar surface area (TPSA) is 38.3 Å². The number of amides is 1. The number of para-hydroxylation sites is 1. The number of ether oxygens (including phenoxy) is 1. The Morgan fingerprint density at radius 3 is 2.61 bits per heavy atom. The molecule has 2 aromatic rings. The maximum absolute atomic E-state index is 13.4. The van der Waals surface area contributed by atoms with Gasteiger partial charge in [0.25, 0.3) is 0 Å². The molecule has 0 heterocycles. The van der Waals surface area contributed by atoms with E-state index in [1.165, 1.54) is 24.3 Å². The summed E-state index contributed by atoms with van der Waals surface area (Å²) in [5.74, 6) is -2.36. The lowest BCUT2D eigenvalue weighted by atomic mass is 10.2. The number of carbonyl (C=O) groups excluding carboxylic acids is 1. The molecule has 0 aliphatic rings. The first-order valence-corrected chi connectivity index (χ1v) is 6.43. The van der Waals surface area contributed by atoms with Crippen LogP contribution in [0.4, 0.5) is 23.2 Å². The Labute approximate surface area is 129 Å². The first-order valence-electron chi connectivity index (χ1n) is 6.43. The second-order valence-corrected chi connectivity index (χ2v) is 4.36. The smallest absolute Gasteiger partial charge is 0.387 e. The Morgan fingerprint density at radius 1 is 1.13 bits per heavy atom.